The molecule has 0 radical (unpaired) electrons. The molecule has 0 bridgehead atoms. The number of ether oxygens (including phenoxy) is 1. The van der Waals surface area contributed by atoms with E-state index in [1.54, 1.807) is 16.7 Å². The lowest BCUT2D eigenvalue weighted by atomic mass is 10.1. The number of carbonyl (C=O) groups excluding carboxylic acids is 1. The van der Waals surface area contributed by atoms with Gasteiger partial charge in [0.05, 0.1) is 0 Å². The van der Waals surface area contributed by atoms with Crippen molar-refractivity contribution in [3.8, 4) is 0 Å². The number of nitrogens with zero attached hydrogens (tertiary/aromatic N) is 1. The number of hydrogen-bond acceptors (Lipinski definition) is 4. The van der Waals surface area contributed by atoms with E-state index in [4.69, 9.17) is 4.74 Å². The van der Waals surface area contributed by atoms with Gasteiger partial charge in [-0.15, -0.1) is 11.8 Å². The Morgan fingerprint density at radius 2 is 1.70 bits per heavy atom. The Labute approximate surface area is 145 Å². The highest BCUT2D eigenvalue weighted by molar-refractivity contribution is 7.98. The van der Waals surface area contributed by atoms with E-state index < -0.39 is 5.60 Å². The Morgan fingerprint density at radius 3 is 2.13 bits per heavy atom. The molecule has 0 fully saturated rings. The summed E-state index contributed by atoms with van der Waals surface area (Å²) >= 11 is 1.72. The van der Waals surface area contributed by atoms with Crippen LogP contribution in [0.25, 0.3) is 0 Å². The molecule has 0 saturated heterocycles. The Hall–Kier alpha value is -1.36. The number of amides is 1. The second-order valence-corrected chi connectivity index (χ2v) is 8.34. The molecule has 23 heavy (non-hydrogen) atoms. The monoisotopic (exact) mass is 338 g/mol. The quantitative estimate of drug-likeness (QED) is 0.779. The molecule has 130 valence electrons. The number of benzene rings is 1. The lowest BCUT2D eigenvalue weighted by Gasteiger charge is -2.37. The smallest absolute Gasteiger partial charge is 0.410 e. The Bertz CT molecular complexity index is 501. The van der Waals surface area contributed by atoms with Gasteiger partial charge in [-0.1, -0.05) is 0 Å². The van der Waals surface area contributed by atoms with Crippen LogP contribution < -0.4 is 5.32 Å². The molecule has 1 N–H and O–H groups in total. The van der Waals surface area contributed by atoms with E-state index in [0.29, 0.717) is 13.1 Å². The predicted octanol–water partition coefficient (Wildman–Crippen LogP) is 4.86. The molecule has 0 aliphatic carbocycles. The standard InChI is InChI=1S/C18H30N2O2S/c1-17(2,3)20(16(21)22-18(4,5)6)13-12-19-14-8-10-15(23-7)11-9-14/h8-11,19H,12-13H2,1-7H3. The van der Waals surface area contributed by atoms with Gasteiger partial charge in [0.15, 0.2) is 0 Å². The van der Waals surface area contributed by atoms with Crippen molar-refractivity contribution in [1.82, 2.24) is 4.90 Å². The number of hydrogen-bond donors (Lipinski definition) is 1. The van der Waals surface area contributed by atoms with E-state index in [2.05, 4.69) is 35.8 Å². The van der Waals surface area contributed by atoms with Gasteiger partial charge in [0.1, 0.15) is 5.60 Å². The summed E-state index contributed by atoms with van der Waals surface area (Å²) in [6.07, 6.45) is 1.79. The fourth-order valence-corrected chi connectivity index (χ4v) is 2.45. The van der Waals surface area contributed by atoms with E-state index in [1.165, 1.54) is 4.90 Å². The van der Waals surface area contributed by atoms with Crippen molar-refractivity contribution in [2.75, 3.05) is 24.7 Å². The van der Waals surface area contributed by atoms with Gasteiger partial charge >= 0.3 is 6.09 Å². The van der Waals surface area contributed by atoms with Gasteiger partial charge in [-0.3, -0.25) is 0 Å². The summed E-state index contributed by atoms with van der Waals surface area (Å²) in [5, 5.41) is 3.36. The first-order chi connectivity index (χ1) is 10.5. The van der Waals surface area contributed by atoms with E-state index in [0.717, 1.165) is 5.69 Å². The first kappa shape index (κ1) is 19.7. The maximum Gasteiger partial charge on any atom is 0.410 e. The summed E-state index contributed by atoms with van der Waals surface area (Å²) in [5.41, 5.74) is 0.287. The summed E-state index contributed by atoms with van der Waals surface area (Å²) < 4.78 is 5.52. The summed E-state index contributed by atoms with van der Waals surface area (Å²) in [5.74, 6) is 0. The maximum absolute atomic E-state index is 12.4. The third kappa shape index (κ3) is 7.16. The average molecular weight is 339 g/mol. The van der Waals surface area contributed by atoms with Gasteiger partial charge in [0.2, 0.25) is 0 Å². The molecule has 0 aromatic heterocycles. The van der Waals surface area contributed by atoms with Crippen LogP contribution in [0.3, 0.4) is 0 Å². The second-order valence-electron chi connectivity index (χ2n) is 7.46. The lowest BCUT2D eigenvalue weighted by molar-refractivity contribution is 0.00749. The van der Waals surface area contributed by atoms with Crippen LogP contribution in [-0.2, 0) is 4.74 Å². The Kier molecular flexibility index (Phi) is 6.81. The van der Waals surface area contributed by atoms with E-state index in [9.17, 15) is 4.79 Å². The van der Waals surface area contributed by atoms with Gasteiger partial charge in [0, 0.05) is 29.2 Å². The molecule has 0 unspecified atom stereocenters. The van der Waals surface area contributed by atoms with E-state index >= 15 is 0 Å². The van der Waals surface area contributed by atoms with Crippen molar-refractivity contribution >= 4 is 23.5 Å². The number of anilines is 1. The minimum Gasteiger partial charge on any atom is -0.444 e. The molecular formula is C18H30N2O2S. The van der Waals surface area contributed by atoms with Gasteiger partial charge < -0.3 is 15.0 Å². The Morgan fingerprint density at radius 1 is 1.13 bits per heavy atom. The molecule has 4 nitrogen and oxygen atoms in total. The van der Waals surface area contributed by atoms with Crippen molar-refractivity contribution < 1.29 is 9.53 Å². The average Bonchev–Trinajstić information content (AvgIpc) is 2.40. The van der Waals surface area contributed by atoms with Crippen LogP contribution in [0.2, 0.25) is 0 Å². The first-order valence-electron chi connectivity index (χ1n) is 7.91. The number of nitrogens with one attached hydrogen (secondary N) is 1. The second kappa shape index (κ2) is 7.95. The zero-order valence-electron chi connectivity index (χ0n) is 15.4. The summed E-state index contributed by atoms with van der Waals surface area (Å²) in [7, 11) is 0. The van der Waals surface area contributed by atoms with Crippen molar-refractivity contribution in [1.29, 1.82) is 0 Å². The van der Waals surface area contributed by atoms with Crippen molar-refractivity contribution in [3.63, 3.8) is 0 Å². The number of carbonyl (C=O) groups is 1. The van der Waals surface area contributed by atoms with Gasteiger partial charge in [0.25, 0.3) is 0 Å². The van der Waals surface area contributed by atoms with Crippen LogP contribution in [0.4, 0.5) is 10.5 Å². The molecule has 1 aromatic rings. The van der Waals surface area contributed by atoms with Crippen LogP contribution in [0.1, 0.15) is 41.5 Å². The summed E-state index contributed by atoms with van der Waals surface area (Å²) in [6.45, 7) is 13.0. The summed E-state index contributed by atoms with van der Waals surface area (Å²) in [6, 6.07) is 8.28. The van der Waals surface area contributed by atoms with Crippen molar-refractivity contribution in [3.05, 3.63) is 24.3 Å². The molecule has 0 saturated carbocycles. The summed E-state index contributed by atoms with van der Waals surface area (Å²) in [4.78, 5) is 15.4. The number of rotatable bonds is 5. The number of thioether (sulfide) groups is 1. The SMILES string of the molecule is CSc1ccc(NCCN(C(=O)OC(C)(C)C)C(C)(C)C)cc1. The predicted molar refractivity (Wildman–Crippen MR) is 99.4 cm³/mol. The normalized spacial score (nSPS) is 12.0. The molecule has 0 atom stereocenters. The zero-order valence-corrected chi connectivity index (χ0v) is 16.2. The molecular weight excluding hydrogens is 308 g/mol. The highest BCUT2D eigenvalue weighted by atomic mass is 32.2. The minimum absolute atomic E-state index is 0.274. The molecule has 0 aliphatic rings. The topological polar surface area (TPSA) is 41.6 Å². The first-order valence-corrected chi connectivity index (χ1v) is 9.14. The largest absolute Gasteiger partial charge is 0.444 e. The zero-order chi connectivity index (χ0) is 17.7. The molecule has 1 rings (SSSR count). The lowest BCUT2D eigenvalue weighted by Crippen LogP contribution is -2.49. The van der Waals surface area contributed by atoms with Crippen LogP contribution >= 0.6 is 11.8 Å². The highest BCUT2D eigenvalue weighted by Gasteiger charge is 2.30. The molecule has 0 aliphatic heterocycles. The fourth-order valence-electron chi connectivity index (χ4n) is 2.04. The molecule has 0 heterocycles. The van der Waals surface area contributed by atoms with E-state index in [-0.39, 0.29) is 11.6 Å². The maximum atomic E-state index is 12.4. The third-order valence-electron chi connectivity index (χ3n) is 3.18. The van der Waals surface area contributed by atoms with Crippen LogP contribution in [0, 0.1) is 0 Å². The van der Waals surface area contributed by atoms with Gasteiger partial charge in [-0.05, 0) is 72.1 Å². The van der Waals surface area contributed by atoms with E-state index in [1.807, 2.05) is 41.5 Å². The third-order valence-corrected chi connectivity index (χ3v) is 3.92. The Balaban J connectivity index is 2.62. The molecule has 1 aromatic carbocycles. The highest BCUT2D eigenvalue weighted by Crippen LogP contribution is 2.19. The van der Waals surface area contributed by atoms with Crippen LogP contribution in [-0.4, -0.2) is 41.5 Å². The van der Waals surface area contributed by atoms with Crippen LogP contribution in [0.5, 0.6) is 0 Å². The van der Waals surface area contributed by atoms with Gasteiger partial charge in [-0.25, -0.2) is 4.79 Å². The fraction of sp³-hybridized carbons (Fsp3) is 0.611. The van der Waals surface area contributed by atoms with Crippen LogP contribution in [0.15, 0.2) is 29.2 Å². The molecule has 5 heteroatoms. The van der Waals surface area contributed by atoms with Crippen molar-refractivity contribution in [2.24, 2.45) is 0 Å². The molecule has 0 spiro atoms. The van der Waals surface area contributed by atoms with Gasteiger partial charge in [-0.2, -0.15) is 0 Å². The minimum atomic E-state index is -0.484. The van der Waals surface area contributed by atoms with Crippen molar-refractivity contribution in [2.45, 2.75) is 57.6 Å². The molecule has 1 amide bonds.